The molecular formula is C14H17N3O3S. The molecule has 0 aromatic heterocycles. The molecule has 0 atom stereocenters. The third-order valence-corrected chi connectivity index (χ3v) is 4.67. The molecule has 0 unspecified atom stereocenters. The second-order valence-corrected chi connectivity index (χ2v) is 6.34. The van der Waals surface area contributed by atoms with Crippen molar-refractivity contribution < 1.29 is 13.2 Å². The smallest absolute Gasteiger partial charge is 0.218 e. The Balaban J connectivity index is 2.89. The summed E-state index contributed by atoms with van der Waals surface area (Å²) in [5.74, 6) is -0.197. The first-order valence-corrected chi connectivity index (χ1v) is 7.97. The number of sulfonamides is 1. The minimum atomic E-state index is -3.55. The number of ether oxygens (including phenoxy) is 1. The standard InChI is InChI=1S/C14H17N3O3S/c1-20-9-8-17(7-3-6-15)21(18,19)12-14-5-2-4-13(10-14)11-16/h2,4-5,10H,3,7-9,12H2,1H3. The summed E-state index contributed by atoms with van der Waals surface area (Å²) in [4.78, 5) is 0. The number of nitrogens with zero attached hydrogens (tertiary/aromatic N) is 3. The molecule has 0 spiro atoms. The molecular weight excluding hydrogens is 290 g/mol. The van der Waals surface area contributed by atoms with E-state index in [0.717, 1.165) is 0 Å². The zero-order valence-electron chi connectivity index (χ0n) is 11.8. The van der Waals surface area contributed by atoms with Gasteiger partial charge in [-0.05, 0) is 17.7 Å². The number of methoxy groups -OCH3 is 1. The van der Waals surface area contributed by atoms with Crippen molar-refractivity contribution in [2.24, 2.45) is 0 Å². The summed E-state index contributed by atoms with van der Waals surface area (Å²) in [6.07, 6.45) is 0.126. The van der Waals surface area contributed by atoms with Crippen LogP contribution in [0.15, 0.2) is 24.3 Å². The van der Waals surface area contributed by atoms with Crippen LogP contribution in [-0.2, 0) is 20.5 Å². The van der Waals surface area contributed by atoms with E-state index in [0.29, 0.717) is 11.1 Å². The van der Waals surface area contributed by atoms with Crippen LogP contribution in [0.3, 0.4) is 0 Å². The fourth-order valence-electron chi connectivity index (χ4n) is 1.79. The highest BCUT2D eigenvalue weighted by Crippen LogP contribution is 2.13. The first-order valence-electron chi connectivity index (χ1n) is 6.36. The molecule has 0 aliphatic heterocycles. The van der Waals surface area contributed by atoms with Gasteiger partial charge in [-0.2, -0.15) is 14.8 Å². The lowest BCUT2D eigenvalue weighted by atomic mass is 10.2. The van der Waals surface area contributed by atoms with Crippen molar-refractivity contribution >= 4 is 10.0 Å². The second-order valence-electron chi connectivity index (χ2n) is 4.37. The summed E-state index contributed by atoms with van der Waals surface area (Å²) in [6.45, 7) is 0.613. The van der Waals surface area contributed by atoms with Gasteiger partial charge in [0.05, 0.1) is 30.1 Å². The Labute approximate surface area is 125 Å². The third kappa shape index (κ3) is 5.52. The Morgan fingerprint density at radius 3 is 2.67 bits per heavy atom. The van der Waals surface area contributed by atoms with Gasteiger partial charge in [0.2, 0.25) is 10.0 Å². The molecule has 21 heavy (non-hydrogen) atoms. The van der Waals surface area contributed by atoms with Gasteiger partial charge in [-0.15, -0.1) is 0 Å². The van der Waals surface area contributed by atoms with Gasteiger partial charge in [0.25, 0.3) is 0 Å². The van der Waals surface area contributed by atoms with Crippen LogP contribution in [0.2, 0.25) is 0 Å². The van der Waals surface area contributed by atoms with Crippen LogP contribution < -0.4 is 0 Å². The minimum absolute atomic E-state index is 0.126. The average Bonchev–Trinajstić information content (AvgIpc) is 2.46. The van der Waals surface area contributed by atoms with Crippen molar-refractivity contribution in [1.29, 1.82) is 10.5 Å². The topological polar surface area (TPSA) is 94.2 Å². The number of hydrogen-bond acceptors (Lipinski definition) is 5. The van der Waals surface area contributed by atoms with Crippen LogP contribution in [-0.4, -0.2) is 39.5 Å². The molecule has 0 N–H and O–H groups in total. The maximum atomic E-state index is 12.4. The zero-order chi connectivity index (χ0) is 15.7. The Bertz CT molecular complexity index is 644. The maximum Gasteiger partial charge on any atom is 0.218 e. The Morgan fingerprint density at radius 2 is 2.05 bits per heavy atom. The molecule has 6 nitrogen and oxygen atoms in total. The van der Waals surface area contributed by atoms with Gasteiger partial charge in [0, 0.05) is 26.6 Å². The quantitative estimate of drug-likeness (QED) is 0.720. The molecule has 0 radical (unpaired) electrons. The molecule has 0 bridgehead atoms. The lowest BCUT2D eigenvalue weighted by Gasteiger charge is -2.20. The van der Waals surface area contributed by atoms with Crippen LogP contribution in [0, 0.1) is 22.7 Å². The van der Waals surface area contributed by atoms with E-state index in [1.165, 1.54) is 11.4 Å². The SMILES string of the molecule is COCCN(CCC#N)S(=O)(=O)Cc1cccc(C#N)c1. The highest BCUT2D eigenvalue weighted by molar-refractivity contribution is 7.88. The van der Waals surface area contributed by atoms with Crippen LogP contribution in [0.25, 0.3) is 0 Å². The molecule has 0 saturated heterocycles. The van der Waals surface area contributed by atoms with E-state index in [1.807, 2.05) is 12.1 Å². The van der Waals surface area contributed by atoms with Gasteiger partial charge in [0.1, 0.15) is 0 Å². The third-order valence-electron chi connectivity index (χ3n) is 2.82. The van der Waals surface area contributed by atoms with Crippen LogP contribution in [0.5, 0.6) is 0 Å². The largest absolute Gasteiger partial charge is 0.383 e. The van der Waals surface area contributed by atoms with Crippen LogP contribution >= 0.6 is 0 Å². The summed E-state index contributed by atoms with van der Waals surface area (Å²) in [5, 5.41) is 17.5. The molecule has 1 rings (SSSR count). The average molecular weight is 307 g/mol. The highest BCUT2D eigenvalue weighted by Gasteiger charge is 2.22. The molecule has 112 valence electrons. The summed E-state index contributed by atoms with van der Waals surface area (Å²) in [5.41, 5.74) is 0.969. The van der Waals surface area contributed by atoms with Gasteiger partial charge in [-0.25, -0.2) is 8.42 Å². The van der Waals surface area contributed by atoms with Crippen molar-refractivity contribution in [2.75, 3.05) is 26.8 Å². The monoisotopic (exact) mass is 307 g/mol. The maximum absolute atomic E-state index is 12.4. The number of hydrogen-bond donors (Lipinski definition) is 0. The molecule has 0 fully saturated rings. The fourth-order valence-corrected chi connectivity index (χ4v) is 3.30. The Kier molecular flexibility index (Phi) is 6.83. The minimum Gasteiger partial charge on any atom is -0.383 e. The number of benzene rings is 1. The lowest BCUT2D eigenvalue weighted by molar-refractivity contribution is 0.179. The fraction of sp³-hybridized carbons (Fsp3) is 0.429. The van der Waals surface area contributed by atoms with Crippen molar-refractivity contribution in [1.82, 2.24) is 4.31 Å². The van der Waals surface area contributed by atoms with E-state index in [1.54, 1.807) is 24.3 Å². The van der Waals surface area contributed by atoms with Gasteiger partial charge in [0.15, 0.2) is 0 Å². The van der Waals surface area contributed by atoms with Gasteiger partial charge >= 0.3 is 0 Å². The number of nitriles is 2. The molecule has 0 aliphatic rings. The first-order chi connectivity index (χ1) is 10.0. The van der Waals surface area contributed by atoms with E-state index < -0.39 is 10.0 Å². The van der Waals surface area contributed by atoms with E-state index in [-0.39, 0.29) is 31.9 Å². The molecule has 0 saturated carbocycles. The van der Waals surface area contributed by atoms with Crippen molar-refractivity contribution in [3.63, 3.8) is 0 Å². The predicted molar refractivity (Wildman–Crippen MR) is 77.5 cm³/mol. The summed E-state index contributed by atoms with van der Waals surface area (Å²) in [6, 6.07) is 10.4. The predicted octanol–water partition coefficient (Wildman–Crippen LogP) is 1.25. The van der Waals surface area contributed by atoms with Crippen molar-refractivity contribution in [3.05, 3.63) is 35.4 Å². The Morgan fingerprint density at radius 1 is 1.29 bits per heavy atom. The van der Waals surface area contributed by atoms with Gasteiger partial charge < -0.3 is 4.74 Å². The van der Waals surface area contributed by atoms with Crippen LogP contribution in [0.4, 0.5) is 0 Å². The first kappa shape index (κ1) is 17.1. The van der Waals surface area contributed by atoms with Gasteiger partial charge in [-0.1, -0.05) is 12.1 Å². The molecule has 0 amide bonds. The Hall–Kier alpha value is -1.93. The summed E-state index contributed by atoms with van der Waals surface area (Å²) < 4.78 is 30.9. The van der Waals surface area contributed by atoms with E-state index in [9.17, 15) is 8.42 Å². The molecule has 0 aliphatic carbocycles. The lowest BCUT2D eigenvalue weighted by Crippen LogP contribution is -2.35. The molecule has 7 heteroatoms. The summed E-state index contributed by atoms with van der Waals surface area (Å²) >= 11 is 0. The highest BCUT2D eigenvalue weighted by atomic mass is 32.2. The van der Waals surface area contributed by atoms with E-state index in [2.05, 4.69) is 0 Å². The van der Waals surface area contributed by atoms with E-state index in [4.69, 9.17) is 15.3 Å². The van der Waals surface area contributed by atoms with Crippen LogP contribution in [0.1, 0.15) is 17.5 Å². The van der Waals surface area contributed by atoms with Crippen molar-refractivity contribution in [2.45, 2.75) is 12.2 Å². The summed E-state index contributed by atoms with van der Waals surface area (Å²) in [7, 11) is -2.06. The van der Waals surface area contributed by atoms with Crippen molar-refractivity contribution in [3.8, 4) is 12.1 Å². The molecule has 0 heterocycles. The molecule has 1 aromatic carbocycles. The number of rotatable bonds is 8. The van der Waals surface area contributed by atoms with E-state index >= 15 is 0 Å². The zero-order valence-corrected chi connectivity index (χ0v) is 12.6. The van der Waals surface area contributed by atoms with Gasteiger partial charge in [-0.3, -0.25) is 0 Å². The second kappa shape index (κ2) is 8.38. The molecule has 1 aromatic rings. The normalized spacial score (nSPS) is 11.0.